The predicted octanol–water partition coefficient (Wildman–Crippen LogP) is 6.05. The van der Waals surface area contributed by atoms with Gasteiger partial charge in [-0.1, -0.05) is 23.7 Å². The van der Waals surface area contributed by atoms with Gasteiger partial charge < -0.3 is 15.4 Å². The van der Waals surface area contributed by atoms with Gasteiger partial charge in [0, 0.05) is 16.9 Å². The van der Waals surface area contributed by atoms with Crippen LogP contribution in [0.25, 0.3) is 20.8 Å². The number of urea groups is 1. The Morgan fingerprint density at radius 1 is 0.967 bits per heavy atom. The van der Waals surface area contributed by atoms with E-state index >= 15 is 0 Å². The molecule has 0 unspecified atom stereocenters. The Morgan fingerprint density at radius 3 is 2.37 bits per heavy atom. The maximum atomic E-state index is 12.3. The molecule has 0 aliphatic carbocycles. The van der Waals surface area contributed by atoms with Gasteiger partial charge in [-0.15, -0.1) is 11.3 Å². The minimum absolute atomic E-state index is 0.403. The molecule has 1 aromatic heterocycles. The van der Waals surface area contributed by atoms with Gasteiger partial charge in [0.2, 0.25) is 0 Å². The van der Waals surface area contributed by atoms with Crippen molar-refractivity contribution < 1.29 is 14.3 Å². The zero-order chi connectivity index (χ0) is 21.1. The minimum atomic E-state index is -0.436. The van der Waals surface area contributed by atoms with Crippen LogP contribution in [-0.4, -0.2) is 24.1 Å². The first-order valence-corrected chi connectivity index (χ1v) is 10.1. The van der Waals surface area contributed by atoms with Crippen molar-refractivity contribution in [2.24, 2.45) is 0 Å². The summed E-state index contributed by atoms with van der Waals surface area (Å²) < 4.78 is 5.74. The van der Waals surface area contributed by atoms with Crippen molar-refractivity contribution in [1.29, 1.82) is 0 Å². The molecular formula is C22H16ClN3O3S. The van der Waals surface area contributed by atoms with E-state index in [9.17, 15) is 9.59 Å². The van der Waals surface area contributed by atoms with Crippen molar-refractivity contribution in [2.45, 2.75) is 0 Å². The highest BCUT2D eigenvalue weighted by molar-refractivity contribution is 7.21. The number of nitrogens with zero attached hydrogens (tertiary/aromatic N) is 1. The normalized spacial score (nSPS) is 10.6. The van der Waals surface area contributed by atoms with Crippen molar-refractivity contribution >= 4 is 56.5 Å². The lowest BCUT2D eigenvalue weighted by Gasteiger charge is -2.09. The molecule has 4 aromatic rings. The molecule has 2 amide bonds. The molecule has 150 valence electrons. The van der Waals surface area contributed by atoms with Gasteiger partial charge in [-0.25, -0.2) is 14.6 Å². The lowest BCUT2D eigenvalue weighted by Crippen LogP contribution is -2.19. The maximum Gasteiger partial charge on any atom is 0.337 e. The van der Waals surface area contributed by atoms with Crippen LogP contribution < -0.4 is 10.6 Å². The zero-order valence-corrected chi connectivity index (χ0v) is 17.4. The quantitative estimate of drug-likeness (QED) is 0.381. The predicted molar refractivity (Wildman–Crippen MR) is 120 cm³/mol. The number of thiazole rings is 1. The van der Waals surface area contributed by atoms with E-state index in [-0.39, 0.29) is 0 Å². The summed E-state index contributed by atoms with van der Waals surface area (Å²) in [4.78, 5) is 28.4. The second-order valence-electron chi connectivity index (χ2n) is 6.33. The van der Waals surface area contributed by atoms with Gasteiger partial charge in [0.25, 0.3) is 0 Å². The van der Waals surface area contributed by atoms with Crippen molar-refractivity contribution in [3.8, 4) is 10.6 Å². The number of hydrogen-bond acceptors (Lipinski definition) is 5. The van der Waals surface area contributed by atoms with Crippen molar-refractivity contribution in [1.82, 2.24) is 4.98 Å². The highest BCUT2D eigenvalue weighted by Gasteiger charge is 2.12. The zero-order valence-electron chi connectivity index (χ0n) is 15.8. The number of carbonyl (C=O) groups is 2. The standard InChI is InChI=1S/C22H16ClN3O3S/c1-29-21(27)13-6-8-14(9-7-13)24-22(28)25-15-10-11-16(17(23)12-15)20-26-18-4-2-3-5-19(18)30-20/h2-12H,1H3,(H2,24,25,28). The fraction of sp³-hybridized carbons (Fsp3) is 0.0455. The number of halogens is 1. The fourth-order valence-corrected chi connectivity index (χ4v) is 4.19. The number of nitrogens with one attached hydrogen (secondary N) is 2. The number of anilines is 2. The highest BCUT2D eigenvalue weighted by Crippen LogP contribution is 2.35. The van der Waals surface area contributed by atoms with Crippen molar-refractivity contribution in [3.05, 3.63) is 77.3 Å². The third-order valence-electron chi connectivity index (χ3n) is 4.32. The summed E-state index contributed by atoms with van der Waals surface area (Å²) in [5.41, 5.74) is 3.22. The average molecular weight is 438 g/mol. The molecule has 4 rings (SSSR count). The minimum Gasteiger partial charge on any atom is -0.465 e. The Labute approximate surface area is 181 Å². The Morgan fingerprint density at radius 2 is 1.67 bits per heavy atom. The van der Waals surface area contributed by atoms with E-state index in [1.54, 1.807) is 47.7 Å². The Balaban J connectivity index is 1.45. The average Bonchev–Trinajstić information content (AvgIpc) is 3.17. The molecule has 2 N–H and O–H groups in total. The highest BCUT2D eigenvalue weighted by atomic mass is 35.5. The molecule has 0 radical (unpaired) electrons. The molecule has 6 nitrogen and oxygen atoms in total. The molecular weight excluding hydrogens is 422 g/mol. The third-order valence-corrected chi connectivity index (χ3v) is 5.70. The molecule has 0 spiro atoms. The number of fused-ring (bicyclic) bond motifs is 1. The van der Waals surface area contributed by atoms with Gasteiger partial charge in [-0.05, 0) is 54.6 Å². The van der Waals surface area contributed by atoms with Gasteiger partial charge in [0.05, 0.1) is 27.9 Å². The van der Waals surface area contributed by atoms with Gasteiger partial charge in [0.1, 0.15) is 5.01 Å². The summed E-state index contributed by atoms with van der Waals surface area (Å²) in [6.07, 6.45) is 0. The number of para-hydroxylation sites is 1. The Kier molecular flexibility index (Phi) is 5.65. The lowest BCUT2D eigenvalue weighted by molar-refractivity contribution is 0.0600. The van der Waals surface area contributed by atoms with E-state index in [2.05, 4.69) is 20.4 Å². The van der Waals surface area contributed by atoms with Crippen LogP contribution in [0.1, 0.15) is 10.4 Å². The smallest absolute Gasteiger partial charge is 0.337 e. The monoisotopic (exact) mass is 437 g/mol. The van der Waals surface area contributed by atoms with Crippen LogP contribution in [0, 0.1) is 0 Å². The van der Waals surface area contributed by atoms with Crippen LogP contribution in [0.4, 0.5) is 16.2 Å². The van der Waals surface area contributed by atoms with Gasteiger partial charge in [-0.2, -0.15) is 0 Å². The Hall–Kier alpha value is -3.42. The van der Waals surface area contributed by atoms with Gasteiger partial charge >= 0.3 is 12.0 Å². The van der Waals surface area contributed by atoms with Crippen LogP contribution in [0.15, 0.2) is 66.7 Å². The molecule has 0 fully saturated rings. The molecule has 3 aromatic carbocycles. The van der Waals surface area contributed by atoms with E-state index < -0.39 is 12.0 Å². The second kappa shape index (κ2) is 8.52. The van der Waals surface area contributed by atoms with E-state index in [4.69, 9.17) is 11.6 Å². The number of ether oxygens (including phenoxy) is 1. The van der Waals surface area contributed by atoms with E-state index in [0.717, 1.165) is 20.8 Å². The second-order valence-corrected chi connectivity index (χ2v) is 7.77. The van der Waals surface area contributed by atoms with Crippen LogP contribution in [-0.2, 0) is 4.74 Å². The van der Waals surface area contributed by atoms with Crippen molar-refractivity contribution in [3.63, 3.8) is 0 Å². The third kappa shape index (κ3) is 4.27. The van der Waals surface area contributed by atoms with Crippen molar-refractivity contribution in [2.75, 3.05) is 17.7 Å². The summed E-state index contributed by atoms with van der Waals surface area (Å²) in [7, 11) is 1.31. The SMILES string of the molecule is COC(=O)c1ccc(NC(=O)Nc2ccc(-c3nc4ccccc4s3)c(Cl)c2)cc1. The topological polar surface area (TPSA) is 80.3 Å². The molecule has 0 bridgehead atoms. The number of methoxy groups -OCH3 is 1. The largest absolute Gasteiger partial charge is 0.465 e. The van der Waals surface area contributed by atoms with Gasteiger partial charge in [0.15, 0.2) is 0 Å². The van der Waals surface area contributed by atoms with Crippen LogP contribution in [0.3, 0.4) is 0 Å². The molecule has 0 saturated carbocycles. The number of hydrogen-bond donors (Lipinski definition) is 2. The first-order valence-electron chi connectivity index (χ1n) is 8.95. The fourth-order valence-electron chi connectivity index (χ4n) is 2.85. The molecule has 1 heterocycles. The molecule has 0 atom stereocenters. The van der Waals surface area contributed by atoms with Crippen LogP contribution in [0.5, 0.6) is 0 Å². The van der Waals surface area contributed by atoms with Crippen LogP contribution in [0.2, 0.25) is 5.02 Å². The lowest BCUT2D eigenvalue weighted by atomic mass is 10.2. The van der Waals surface area contributed by atoms with Crippen LogP contribution >= 0.6 is 22.9 Å². The molecule has 8 heteroatoms. The number of rotatable bonds is 4. The summed E-state index contributed by atoms with van der Waals surface area (Å²) in [6.45, 7) is 0. The molecule has 0 saturated heterocycles. The molecule has 0 aliphatic heterocycles. The molecule has 30 heavy (non-hydrogen) atoms. The number of amides is 2. The summed E-state index contributed by atoms with van der Waals surface area (Å²) in [5.74, 6) is -0.436. The first-order chi connectivity index (χ1) is 14.5. The van der Waals surface area contributed by atoms with E-state index in [0.29, 0.717) is 22.0 Å². The van der Waals surface area contributed by atoms with Gasteiger partial charge in [-0.3, -0.25) is 0 Å². The summed E-state index contributed by atoms with van der Waals surface area (Å²) >= 11 is 8.01. The summed E-state index contributed by atoms with van der Waals surface area (Å²) in [5, 5.41) is 6.76. The van der Waals surface area contributed by atoms with E-state index in [1.807, 2.05) is 30.3 Å². The number of carbonyl (C=O) groups excluding carboxylic acids is 2. The maximum absolute atomic E-state index is 12.3. The number of aromatic nitrogens is 1. The Bertz CT molecular complexity index is 1210. The first kappa shape index (κ1) is 19.9. The van der Waals surface area contributed by atoms with E-state index in [1.165, 1.54) is 7.11 Å². The number of benzene rings is 3. The molecule has 0 aliphatic rings. The number of esters is 1. The summed E-state index contributed by atoms with van der Waals surface area (Å²) in [6, 6.07) is 19.1.